The highest BCUT2D eigenvalue weighted by atomic mass is 19.1. The molecule has 4 rings (SSSR count). The quantitative estimate of drug-likeness (QED) is 0.430. The van der Waals surface area contributed by atoms with Gasteiger partial charge in [-0.15, -0.1) is 0 Å². The summed E-state index contributed by atoms with van der Waals surface area (Å²) in [6.07, 6.45) is -0.684. The zero-order valence-corrected chi connectivity index (χ0v) is 18.4. The van der Waals surface area contributed by atoms with Gasteiger partial charge in [0.1, 0.15) is 5.82 Å². The number of halogens is 2. The normalized spacial score (nSPS) is 13.2. The Morgan fingerprint density at radius 3 is 2.72 bits per heavy atom. The lowest BCUT2D eigenvalue weighted by molar-refractivity contribution is -0.142. The summed E-state index contributed by atoms with van der Waals surface area (Å²) in [5, 5.41) is 17.8. The molecule has 168 valence electrons. The predicted octanol–water partition coefficient (Wildman–Crippen LogP) is 4.84. The Kier molecular flexibility index (Phi) is 5.50. The van der Waals surface area contributed by atoms with Gasteiger partial charge in [0, 0.05) is 41.1 Å². The van der Waals surface area contributed by atoms with E-state index < -0.39 is 17.6 Å². The van der Waals surface area contributed by atoms with Gasteiger partial charge < -0.3 is 14.4 Å². The number of methoxy groups -OCH3 is 1. The Balaban J connectivity index is 2.14. The number of hydrogen-bond acceptors (Lipinski definition) is 3. The molecule has 8 heteroatoms. The van der Waals surface area contributed by atoms with Gasteiger partial charge in [-0.05, 0) is 48.4 Å². The molecule has 4 aromatic rings. The maximum absolute atomic E-state index is 14.6. The maximum Gasteiger partial charge on any atom is 0.338 e. The Labute approximate surface area is 183 Å². The van der Waals surface area contributed by atoms with Gasteiger partial charge in [0.15, 0.2) is 0 Å². The summed E-state index contributed by atoms with van der Waals surface area (Å²) in [6.45, 7) is 5.92. The number of rotatable bonds is 7. The fourth-order valence-electron chi connectivity index (χ4n) is 4.44. The van der Waals surface area contributed by atoms with Crippen molar-refractivity contribution in [3.8, 4) is 5.69 Å². The number of benzene rings is 2. The number of carboxylic acid groups (broad SMARTS) is 1. The van der Waals surface area contributed by atoms with Gasteiger partial charge in [-0.25, -0.2) is 13.6 Å². The second-order valence-electron chi connectivity index (χ2n) is 8.75. The molecule has 0 aliphatic rings. The van der Waals surface area contributed by atoms with Crippen LogP contribution in [0, 0.1) is 12.7 Å². The molecule has 0 spiro atoms. The smallest absolute Gasteiger partial charge is 0.338 e. The van der Waals surface area contributed by atoms with Gasteiger partial charge in [-0.2, -0.15) is 5.10 Å². The molecular formula is C24H25F2N3O3. The van der Waals surface area contributed by atoms with E-state index in [9.17, 15) is 18.7 Å². The summed E-state index contributed by atoms with van der Waals surface area (Å²) in [6, 6.07) is 8.59. The molecule has 2 N–H and O–H groups in total. The number of nitrogens with one attached hydrogen (secondary N) is 1. The molecule has 0 aliphatic heterocycles. The van der Waals surface area contributed by atoms with Gasteiger partial charge in [0.05, 0.1) is 23.8 Å². The van der Waals surface area contributed by atoms with Crippen molar-refractivity contribution in [2.75, 3.05) is 13.7 Å². The predicted molar refractivity (Wildman–Crippen MR) is 119 cm³/mol. The van der Waals surface area contributed by atoms with Crippen molar-refractivity contribution in [2.24, 2.45) is 0 Å². The Morgan fingerprint density at radius 1 is 1.31 bits per heavy atom. The molecule has 2 heterocycles. The van der Waals surface area contributed by atoms with E-state index in [1.54, 1.807) is 32.4 Å². The number of aliphatic carboxylic acids is 1. The highest BCUT2D eigenvalue weighted by molar-refractivity contribution is 5.99. The zero-order chi connectivity index (χ0) is 23.2. The first kappa shape index (κ1) is 22.0. The monoisotopic (exact) mass is 441 g/mol. The van der Waals surface area contributed by atoms with Crippen LogP contribution in [-0.2, 0) is 21.4 Å². The van der Waals surface area contributed by atoms with Crippen LogP contribution in [0.15, 0.2) is 36.5 Å². The molecule has 0 fully saturated rings. The Hall–Kier alpha value is -3.26. The number of carbonyl (C=O) groups is 1. The Morgan fingerprint density at radius 2 is 2.06 bits per heavy atom. The van der Waals surface area contributed by atoms with Crippen molar-refractivity contribution in [1.29, 1.82) is 0 Å². The topological polar surface area (TPSA) is 80.1 Å². The molecule has 2 aromatic heterocycles. The van der Waals surface area contributed by atoms with E-state index >= 15 is 0 Å². The van der Waals surface area contributed by atoms with Crippen LogP contribution in [0.4, 0.5) is 8.78 Å². The summed E-state index contributed by atoms with van der Waals surface area (Å²) in [4.78, 5) is 11.4. The SMILES string of the molecule is COCC(C)(C)c1c(C[C@H](F)C(=O)O)c2cc3[nH]ncc3cc2n1-c1ccc(F)c(C)c1. The fourth-order valence-corrected chi connectivity index (χ4v) is 4.44. The molecule has 2 aromatic carbocycles. The molecule has 0 aliphatic carbocycles. The van der Waals surface area contributed by atoms with Crippen molar-refractivity contribution in [1.82, 2.24) is 14.8 Å². The van der Waals surface area contributed by atoms with Crippen molar-refractivity contribution in [3.63, 3.8) is 0 Å². The number of fused-ring (bicyclic) bond motifs is 2. The highest BCUT2D eigenvalue weighted by Gasteiger charge is 2.33. The number of hydrogen-bond donors (Lipinski definition) is 2. The second kappa shape index (κ2) is 8.02. The average Bonchev–Trinajstić information content (AvgIpc) is 3.30. The summed E-state index contributed by atoms with van der Waals surface area (Å²) >= 11 is 0. The number of aryl methyl sites for hydroxylation is 1. The van der Waals surface area contributed by atoms with Crippen molar-refractivity contribution in [3.05, 3.63) is 59.2 Å². The minimum absolute atomic E-state index is 0.304. The largest absolute Gasteiger partial charge is 0.479 e. The lowest BCUT2D eigenvalue weighted by atomic mass is 9.85. The van der Waals surface area contributed by atoms with Crippen LogP contribution in [0.25, 0.3) is 27.5 Å². The number of H-pyrrole nitrogens is 1. The number of alkyl halides is 1. The Bertz CT molecular complexity index is 1320. The van der Waals surface area contributed by atoms with Crippen LogP contribution >= 0.6 is 0 Å². The van der Waals surface area contributed by atoms with Crippen LogP contribution in [-0.4, -0.2) is 45.7 Å². The summed E-state index contributed by atoms with van der Waals surface area (Å²) in [5.74, 6) is -1.84. The molecule has 0 saturated heterocycles. The summed E-state index contributed by atoms with van der Waals surface area (Å²) in [5.41, 5.74) is 3.40. The van der Waals surface area contributed by atoms with E-state index in [1.807, 2.05) is 30.5 Å². The van der Waals surface area contributed by atoms with Crippen LogP contribution < -0.4 is 0 Å². The minimum atomic E-state index is -2.07. The second-order valence-corrected chi connectivity index (χ2v) is 8.75. The first-order valence-electron chi connectivity index (χ1n) is 10.3. The maximum atomic E-state index is 14.6. The van der Waals surface area contributed by atoms with E-state index in [4.69, 9.17) is 4.74 Å². The lowest BCUT2D eigenvalue weighted by Gasteiger charge is -2.28. The van der Waals surface area contributed by atoms with Gasteiger partial charge in [-0.3, -0.25) is 5.10 Å². The zero-order valence-electron chi connectivity index (χ0n) is 18.4. The molecule has 32 heavy (non-hydrogen) atoms. The van der Waals surface area contributed by atoms with Gasteiger partial charge in [0.25, 0.3) is 0 Å². The summed E-state index contributed by atoms with van der Waals surface area (Å²) < 4.78 is 36.0. The molecule has 0 radical (unpaired) electrons. The van der Waals surface area contributed by atoms with E-state index in [0.29, 0.717) is 28.8 Å². The number of nitrogens with zero attached hydrogens (tertiary/aromatic N) is 2. The first-order chi connectivity index (χ1) is 15.1. The van der Waals surface area contributed by atoms with Gasteiger partial charge in [0.2, 0.25) is 6.17 Å². The molecule has 0 saturated carbocycles. The minimum Gasteiger partial charge on any atom is -0.479 e. The van der Waals surface area contributed by atoms with Crippen LogP contribution in [0.2, 0.25) is 0 Å². The van der Waals surface area contributed by atoms with E-state index in [-0.39, 0.29) is 12.2 Å². The van der Waals surface area contributed by atoms with E-state index in [0.717, 1.165) is 22.1 Å². The third kappa shape index (κ3) is 3.64. The third-order valence-corrected chi connectivity index (χ3v) is 5.83. The molecule has 6 nitrogen and oxygen atoms in total. The number of aromatic nitrogens is 3. The van der Waals surface area contributed by atoms with Crippen molar-refractivity contribution in [2.45, 2.75) is 38.8 Å². The fraction of sp³-hybridized carbons (Fsp3) is 0.333. The lowest BCUT2D eigenvalue weighted by Crippen LogP contribution is -2.29. The molecule has 1 atom stereocenters. The third-order valence-electron chi connectivity index (χ3n) is 5.83. The first-order valence-corrected chi connectivity index (χ1v) is 10.3. The van der Waals surface area contributed by atoms with Gasteiger partial charge in [-0.1, -0.05) is 13.8 Å². The van der Waals surface area contributed by atoms with E-state index in [1.165, 1.54) is 6.07 Å². The van der Waals surface area contributed by atoms with Crippen molar-refractivity contribution < 1.29 is 23.4 Å². The van der Waals surface area contributed by atoms with E-state index in [2.05, 4.69) is 10.2 Å². The summed E-state index contributed by atoms with van der Waals surface area (Å²) in [7, 11) is 1.58. The highest BCUT2D eigenvalue weighted by Crippen LogP contribution is 2.40. The van der Waals surface area contributed by atoms with Crippen LogP contribution in [0.5, 0.6) is 0 Å². The van der Waals surface area contributed by atoms with Crippen LogP contribution in [0.1, 0.15) is 30.7 Å². The standard InChI is InChI=1S/C24H25F2N3O3/c1-13-7-15(5-6-18(13)25)29-21-8-14-11-27-28-20(14)10-16(21)17(9-19(26)23(30)31)22(29)24(2,3)12-32-4/h5-8,10-11,19H,9,12H2,1-4H3,(H,27,28)(H,30,31)/t19-/m0/s1. The van der Waals surface area contributed by atoms with Crippen LogP contribution in [0.3, 0.4) is 0 Å². The number of carboxylic acids is 1. The average molecular weight is 441 g/mol. The molecule has 0 amide bonds. The number of ether oxygens (including phenoxy) is 1. The molecule has 0 unspecified atom stereocenters. The van der Waals surface area contributed by atoms with Crippen molar-refractivity contribution >= 4 is 27.8 Å². The van der Waals surface area contributed by atoms with Gasteiger partial charge >= 0.3 is 5.97 Å². The molecule has 0 bridgehead atoms. The molecular weight excluding hydrogens is 416 g/mol. The number of aromatic amines is 1.